The Bertz CT molecular complexity index is 1050. The van der Waals surface area contributed by atoms with Crippen molar-refractivity contribution in [1.82, 2.24) is 0 Å². The van der Waals surface area contributed by atoms with Crippen LogP contribution in [-0.4, -0.2) is 0 Å². The fourth-order valence-electron chi connectivity index (χ4n) is 2.75. The summed E-state index contributed by atoms with van der Waals surface area (Å²) in [6.45, 7) is 1.27. The van der Waals surface area contributed by atoms with Gasteiger partial charge in [0.25, 0.3) is 0 Å². The number of aryl methyl sites for hydroxylation is 1. The standard InChI is InChI=1S/C19H7F10P/c1-6-4-2-3-5-7(6)30(18-14(26)10(22)8(20)11(23)15(18)27)19-16(28)12(24)9(21)13(25)17(19)29/h2-5H,1H3. The van der Waals surface area contributed by atoms with E-state index in [2.05, 4.69) is 0 Å². The lowest BCUT2D eigenvalue weighted by Gasteiger charge is -2.24. The molecular weight excluding hydrogens is 449 g/mol. The third-order valence-corrected chi connectivity index (χ3v) is 6.84. The summed E-state index contributed by atoms with van der Waals surface area (Å²) in [6, 6.07) is 4.87. The van der Waals surface area contributed by atoms with Gasteiger partial charge in [0, 0.05) is 0 Å². The Morgan fingerprint density at radius 3 is 1.10 bits per heavy atom. The third-order valence-electron chi connectivity index (χ3n) is 4.18. The second kappa shape index (κ2) is 7.91. The van der Waals surface area contributed by atoms with Crippen LogP contribution in [-0.2, 0) is 0 Å². The lowest BCUT2D eigenvalue weighted by Crippen LogP contribution is -2.33. The molecule has 0 saturated carbocycles. The zero-order chi connectivity index (χ0) is 22.5. The van der Waals surface area contributed by atoms with Crippen LogP contribution in [0.5, 0.6) is 0 Å². The third kappa shape index (κ3) is 3.23. The molecule has 3 aromatic carbocycles. The molecule has 0 aliphatic carbocycles. The van der Waals surface area contributed by atoms with Gasteiger partial charge in [-0.2, -0.15) is 0 Å². The predicted octanol–water partition coefficient (Wildman–Crippen LogP) is 5.14. The van der Waals surface area contributed by atoms with Gasteiger partial charge >= 0.3 is 0 Å². The van der Waals surface area contributed by atoms with E-state index in [0.717, 1.165) is 6.07 Å². The van der Waals surface area contributed by atoms with E-state index in [1.165, 1.54) is 25.1 Å². The molecule has 0 spiro atoms. The van der Waals surface area contributed by atoms with Crippen molar-refractivity contribution >= 4 is 23.8 Å². The SMILES string of the molecule is Cc1ccccc1P(c1c(F)c(F)c(F)c(F)c1F)c1c(F)c(F)c(F)c(F)c1F. The van der Waals surface area contributed by atoms with Crippen LogP contribution in [0.4, 0.5) is 43.9 Å². The van der Waals surface area contributed by atoms with E-state index in [9.17, 15) is 43.9 Å². The number of hydrogen-bond acceptors (Lipinski definition) is 0. The van der Waals surface area contributed by atoms with Gasteiger partial charge in [0.15, 0.2) is 46.5 Å². The fraction of sp³-hybridized carbons (Fsp3) is 0.0526. The van der Waals surface area contributed by atoms with E-state index in [1.807, 2.05) is 0 Å². The van der Waals surface area contributed by atoms with Gasteiger partial charge in [0.05, 0.1) is 10.6 Å². The Balaban J connectivity index is 2.55. The molecular formula is C19H7F10P. The summed E-state index contributed by atoms with van der Waals surface area (Å²) in [7, 11) is -3.43. The lowest BCUT2D eigenvalue weighted by molar-refractivity contribution is 0.383. The molecule has 0 radical (unpaired) electrons. The molecule has 30 heavy (non-hydrogen) atoms. The monoisotopic (exact) mass is 456 g/mol. The normalized spacial score (nSPS) is 11.5. The molecule has 0 saturated heterocycles. The largest absolute Gasteiger partial charge is 0.203 e. The van der Waals surface area contributed by atoms with Crippen LogP contribution in [0.15, 0.2) is 24.3 Å². The molecule has 0 fully saturated rings. The van der Waals surface area contributed by atoms with Crippen LogP contribution >= 0.6 is 7.92 Å². The van der Waals surface area contributed by atoms with Gasteiger partial charge in [-0.25, -0.2) is 43.9 Å². The van der Waals surface area contributed by atoms with Crippen molar-refractivity contribution < 1.29 is 43.9 Å². The zero-order valence-corrected chi connectivity index (χ0v) is 15.4. The molecule has 0 N–H and O–H groups in total. The van der Waals surface area contributed by atoms with E-state index in [1.54, 1.807) is 0 Å². The van der Waals surface area contributed by atoms with Crippen molar-refractivity contribution in [3.63, 3.8) is 0 Å². The number of hydrogen-bond donors (Lipinski definition) is 0. The van der Waals surface area contributed by atoms with Gasteiger partial charge in [-0.15, -0.1) is 0 Å². The quantitative estimate of drug-likeness (QED) is 0.222. The average Bonchev–Trinajstić information content (AvgIpc) is 2.73. The molecule has 0 unspecified atom stereocenters. The van der Waals surface area contributed by atoms with Crippen LogP contribution in [0.25, 0.3) is 0 Å². The molecule has 0 heterocycles. The molecule has 0 aliphatic heterocycles. The molecule has 0 aliphatic rings. The summed E-state index contributed by atoms with van der Waals surface area (Å²) in [6.07, 6.45) is 0. The van der Waals surface area contributed by atoms with E-state index in [0.29, 0.717) is 0 Å². The minimum Gasteiger partial charge on any atom is -0.203 e. The first kappa shape index (κ1) is 22.1. The zero-order valence-electron chi connectivity index (χ0n) is 14.5. The van der Waals surface area contributed by atoms with Crippen LogP contribution in [0.1, 0.15) is 5.56 Å². The second-order valence-electron chi connectivity index (χ2n) is 5.96. The van der Waals surface area contributed by atoms with E-state index < -0.39 is 76.7 Å². The van der Waals surface area contributed by atoms with E-state index >= 15 is 0 Å². The van der Waals surface area contributed by atoms with Crippen molar-refractivity contribution in [2.24, 2.45) is 0 Å². The van der Waals surface area contributed by atoms with Crippen LogP contribution in [0.2, 0.25) is 0 Å². The van der Waals surface area contributed by atoms with Gasteiger partial charge in [-0.05, 0) is 25.7 Å². The maximum atomic E-state index is 14.5. The Morgan fingerprint density at radius 1 is 0.467 bits per heavy atom. The highest BCUT2D eigenvalue weighted by Crippen LogP contribution is 2.40. The fourth-order valence-corrected chi connectivity index (χ4v) is 5.29. The van der Waals surface area contributed by atoms with Crippen molar-refractivity contribution in [3.05, 3.63) is 88.0 Å². The number of rotatable bonds is 3. The maximum Gasteiger partial charge on any atom is 0.200 e. The van der Waals surface area contributed by atoms with Gasteiger partial charge in [0.2, 0.25) is 11.6 Å². The first-order chi connectivity index (χ1) is 14.0. The van der Waals surface area contributed by atoms with Gasteiger partial charge < -0.3 is 0 Å². The van der Waals surface area contributed by atoms with Crippen LogP contribution in [0.3, 0.4) is 0 Å². The first-order valence-corrected chi connectivity index (χ1v) is 9.23. The summed E-state index contributed by atoms with van der Waals surface area (Å²) in [5.74, 6) is -24.5. The second-order valence-corrected chi connectivity index (χ2v) is 8.01. The highest BCUT2D eigenvalue weighted by Gasteiger charge is 2.38. The molecule has 0 bridgehead atoms. The van der Waals surface area contributed by atoms with E-state index in [-0.39, 0.29) is 10.9 Å². The molecule has 0 aromatic heterocycles. The summed E-state index contributed by atoms with van der Waals surface area (Å²) >= 11 is 0. The molecule has 0 atom stereocenters. The Hall–Kier alpha value is -2.61. The topological polar surface area (TPSA) is 0 Å². The van der Waals surface area contributed by atoms with Crippen molar-refractivity contribution in [3.8, 4) is 0 Å². The highest BCUT2D eigenvalue weighted by atomic mass is 31.1. The molecule has 0 amide bonds. The summed E-state index contributed by atoms with van der Waals surface area (Å²) in [5.41, 5.74) is 0.0523. The Labute approximate surface area is 163 Å². The molecule has 0 nitrogen and oxygen atoms in total. The molecule has 3 aromatic rings. The number of benzene rings is 3. The van der Waals surface area contributed by atoms with Crippen LogP contribution in [0, 0.1) is 65.1 Å². The average molecular weight is 456 g/mol. The molecule has 11 heteroatoms. The van der Waals surface area contributed by atoms with Gasteiger partial charge in [-0.1, -0.05) is 24.3 Å². The smallest absolute Gasteiger partial charge is 0.200 e. The van der Waals surface area contributed by atoms with Crippen LogP contribution < -0.4 is 15.9 Å². The summed E-state index contributed by atoms with van der Waals surface area (Å²) < 4.78 is 140. The lowest BCUT2D eigenvalue weighted by atomic mass is 10.2. The van der Waals surface area contributed by atoms with Crippen molar-refractivity contribution in [2.45, 2.75) is 6.92 Å². The van der Waals surface area contributed by atoms with Crippen molar-refractivity contribution in [1.29, 1.82) is 0 Å². The first-order valence-electron chi connectivity index (χ1n) is 7.89. The number of halogens is 10. The van der Waals surface area contributed by atoms with Gasteiger partial charge in [0.1, 0.15) is 0 Å². The Morgan fingerprint density at radius 2 is 0.767 bits per heavy atom. The minimum absolute atomic E-state index is 0.0523. The maximum absolute atomic E-state index is 14.5. The molecule has 158 valence electrons. The van der Waals surface area contributed by atoms with Gasteiger partial charge in [-0.3, -0.25) is 0 Å². The summed E-state index contributed by atoms with van der Waals surface area (Å²) in [5, 5.41) is -3.77. The minimum atomic E-state index is -3.43. The highest BCUT2D eigenvalue weighted by molar-refractivity contribution is 7.80. The van der Waals surface area contributed by atoms with Crippen molar-refractivity contribution in [2.75, 3.05) is 0 Å². The Kier molecular flexibility index (Phi) is 5.82. The predicted molar refractivity (Wildman–Crippen MR) is 89.5 cm³/mol. The summed E-state index contributed by atoms with van der Waals surface area (Å²) in [4.78, 5) is 0. The van der Waals surface area contributed by atoms with E-state index in [4.69, 9.17) is 0 Å². The molecule has 3 rings (SSSR count).